The van der Waals surface area contributed by atoms with E-state index in [0.717, 1.165) is 18.7 Å². The van der Waals surface area contributed by atoms with Crippen LogP contribution in [0.3, 0.4) is 0 Å². The third kappa shape index (κ3) is 3.87. The highest BCUT2D eigenvalue weighted by atomic mass is 16.5. The second-order valence-corrected chi connectivity index (χ2v) is 4.09. The van der Waals surface area contributed by atoms with Crippen LogP contribution in [0.1, 0.15) is 38.9 Å². The number of hydrogen-bond donors (Lipinski definition) is 1. The van der Waals surface area contributed by atoms with Crippen LogP contribution in [0.2, 0.25) is 0 Å². The Morgan fingerprint density at radius 3 is 2.64 bits per heavy atom. The summed E-state index contributed by atoms with van der Waals surface area (Å²) in [5.41, 5.74) is 0. The van der Waals surface area contributed by atoms with Gasteiger partial charge >= 0.3 is 0 Å². The molecule has 0 saturated carbocycles. The fraction of sp³-hybridized carbons (Fsp3) is 0.800. The molecule has 1 heterocycles. The van der Waals surface area contributed by atoms with Gasteiger partial charge in [0.05, 0.1) is 12.5 Å². The molecule has 1 aromatic heterocycles. The number of hydrogen-bond acceptors (Lipinski definition) is 4. The van der Waals surface area contributed by atoms with Gasteiger partial charge in [-0.05, 0) is 19.3 Å². The summed E-state index contributed by atoms with van der Waals surface area (Å²) >= 11 is 0. The largest absolute Gasteiger partial charge is 0.393 e. The minimum absolute atomic E-state index is 0.423. The molecule has 0 spiro atoms. The van der Waals surface area contributed by atoms with Crippen LogP contribution in [0.5, 0.6) is 0 Å². The van der Waals surface area contributed by atoms with Crippen molar-refractivity contribution in [1.29, 1.82) is 0 Å². The van der Waals surface area contributed by atoms with Crippen LogP contribution in [0, 0.1) is 5.92 Å². The summed E-state index contributed by atoms with van der Waals surface area (Å²) < 4.78 is 4.99. The molecule has 1 N–H and O–H groups in total. The zero-order valence-electron chi connectivity index (χ0n) is 9.03. The maximum absolute atomic E-state index is 9.11. The van der Waals surface area contributed by atoms with Crippen LogP contribution < -0.4 is 0 Å². The molecule has 1 atom stereocenters. The van der Waals surface area contributed by atoms with Crippen LogP contribution in [0.4, 0.5) is 0 Å². The molecule has 1 unspecified atom stereocenters. The normalized spacial score (nSPS) is 13.5. The Morgan fingerprint density at radius 1 is 1.36 bits per heavy atom. The Hall–Kier alpha value is -0.900. The van der Waals surface area contributed by atoms with Crippen LogP contribution in [-0.4, -0.2) is 21.4 Å². The Kier molecular flexibility index (Phi) is 4.07. The third-order valence-electron chi connectivity index (χ3n) is 1.93. The fourth-order valence-electron chi connectivity index (χ4n) is 1.15. The summed E-state index contributed by atoms with van der Waals surface area (Å²) in [7, 11) is 0. The van der Waals surface area contributed by atoms with Gasteiger partial charge in [0.15, 0.2) is 5.82 Å². The monoisotopic (exact) mass is 198 g/mol. The van der Waals surface area contributed by atoms with Crippen molar-refractivity contribution in [3.05, 3.63) is 11.7 Å². The predicted octanol–water partition coefficient (Wildman–Crippen LogP) is 1.58. The molecule has 0 saturated heterocycles. The molecule has 4 heteroatoms. The number of nitrogens with zero attached hydrogens (tertiary/aromatic N) is 2. The Labute approximate surface area is 84.3 Å². The summed E-state index contributed by atoms with van der Waals surface area (Å²) in [6.45, 7) is 6.03. The highest BCUT2D eigenvalue weighted by Gasteiger charge is 2.08. The van der Waals surface area contributed by atoms with E-state index < -0.39 is 6.10 Å². The van der Waals surface area contributed by atoms with E-state index in [4.69, 9.17) is 9.63 Å². The number of aromatic nitrogens is 2. The maximum Gasteiger partial charge on any atom is 0.229 e. The zero-order valence-corrected chi connectivity index (χ0v) is 9.03. The summed E-state index contributed by atoms with van der Waals surface area (Å²) in [4.78, 5) is 4.18. The molecule has 14 heavy (non-hydrogen) atoms. The Bertz CT molecular complexity index is 269. The number of aliphatic hydroxyl groups excluding tert-OH is 1. The lowest BCUT2D eigenvalue weighted by molar-refractivity contribution is 0.181. The lowest BCUT2D eigenvalue weighted by Gasteiger charge is -1.99. The van der Waals surface area contributed by atoms with Crippen LogP contribution in [-0.2, 0) is 12.8 Å². The van der Waals surface area contributed by atoms with Crippen molar-refractivity contribution in [3.63, 3.8) is 0 Å². The van der Waals surface area contributed by atoms with Crippen molar-refractivity contribution in [3.8, 4) is 0 Å². The molecule has 0 bridgehead atoms. The van der Waals surface area contributed by atoms with Gasteiger partial charge in [0.25, 0.3) is 0 Å². The number of aliphatic hydroxyl groups is 1. The average molecular weight is 198 g/mol. The van der Waals surface area contributed by atoms with Crippen molar-refractivity contribution in [1.82, 2.24) is 10.1 Å². The van der Waals surface area contributed by atoms with Gasteiger partial charge < -0.3 is 9.63 Å². The van der Waals surface area contributed by atoms with Gasteiger partial charge in [-0.2, -0.15) is 4.98 Å². The highest BCUT2D eigenvalue weighted by molar-refractivity contribution is 4.87. The number of aryl methyl sites for hydroxylation is 1. The molecule has 0 aliphatic rings. The van der Waals surface area contributed by atoms with Gasteiger partial charge in [0, 0.05) is 6.42 Å². The van der Waals surface area contributed by atoms with Crippen LogP contribution in [0.15, 0.2) is 4.52 Å². The standard InChI is InChI=1S/C10H18N2O2/c1-7(2)4-5-9-11-10(14-12-9)6-8(3)13/h7-8,13H,4-6H2,1-3H3. The smallest absolute Gasteiger partial charge is 0.229 e. The van der Waals surface area contributed by atoms with Crippen molar-refractivity contribution >= 4 is 0 Å². The van der Waals surface area contributed by atoms with Gasteiger partial charge in [0.1, 0.15) is 0 Å². The first-order valence-electron chi connectivity index (χ1n) is 5.07. The lowest BCUT2D eigenvalue weighted by Crippen LogP contribution is -2.04. The average Bonchev–Trinajstić information content (AvgIpc) is 2.47. The predicted molar refractivity (Wildman–Crippen MR) is 52.8 cm³/mol. The zero-order chi connectivity index (χ0) is 10.6. The molecular formula is C10H18N2O2. The van der Waals surface area contributed by atoms with Crippen molar-refractivity contribution in [2.24, 2.45) is 5.92 Å². The van der Waals surface area contributed by atoms with E-state index in [1.54, 1.807) is 6.92 Å². The second-order valence-electron chi connectivity index (χ2n) is 4.09. The van der Waals surface area contributed by atoms with Crippen molar-refractivity contribution < 1.29 is 9.63 Å². The first kappa shape index (κ1) is 11.2. The van der Waals surface area contributed by atoms with E-state index in [1.165, 1.54) is 0 Å². The Balaban J connectivity index is 2.42. The van der Waals surface area contributed by atoms with E-state index in [1.807, 2.05) is 0 Å². The summed E-state index contributed by atoms with van der Waals surface area (Å²) in [5.74, 6) is 1.92. The molecule has 1 aromatic rings. The van der Waals surface area contributed by atoms with Crippen LogP contribution in [0.25, 0.3) is 0 Å². The van der Waals surface area contributed by atoms with Gasteiger partial charge in [-0.1, -0.05) is 19.0 Å². The minimum Gasteiger partial charge on any atom is -0.393 e. The SMILES string of the molecule is CC(C)CCc1noc(CC(C)O)n1. The minimum atomic E-state index is -0.423. The summed E-state index contributed by atoms with van der Waals surface area (Å²) in [6.07, 6.45) is 1.93. The Morgan fingerprint density at radius 2 is 2.07 bits per heavy atom. The van der Waals surface area contributed by atoms with E-state index in [0.29, 0.717) is 18.2 Å². The van der Waals surface area contributed by atoms with E-state index in [-0.39, 0.29) is 0 Å². The molecule has 0 fully saturated rings. The van der Waals surface area contributed by atoms with Crippen molar-refractivity contribution in [2.75, 3.05) is 0 Å². The van der Waals surface area contributed by atoms with E-state index in [9.17, 15) is 0 Å². The molecular weight excluding hydrogens is 180 g/mol. The maximum atomic E-state index is 9.11. The molecule has 4 nitrogen and oxygen atoms in total. The third-order valence-corrected chi connectivity index (χ3v) is 1.93. The molecule has 1 rings (SSSR count). The lowest BCUT2D eigenvalue weighted by atomic mass is 10.1. The molecule has 0 aliphatic carbocycles. The quantitative estimate of drug-likeness (QED) is 0.780. The summed E-state index contributed by atoms with van der Waals surface area (Å²) in [5, 5.41) is 12.9. The topological polar surface area (TPSA) is 59.2 Å². The molecule has 80 valence electrons. The first-order chi connectivity index (χ1) is 6.58. The summed E-state index contributed by atoms with van der Waals surface area (Å²) in [6, 6.07) is 0. The fourth-order valence-corrected chi connectivity index (χ4v) is 1.15. The number of rotatable bonds is 5. The second kappa shape index (κ2) is 5.10. The first-order valence-corrected chi connectivity index (χ1v) is 5.07. The van der Waals surface area contributed by atoms with E-state index >= 15 is 0 Å². The molecule has 0 aliphatic heterocycles. The van der Waals surface area contributed by atoms with Gasteiger partial charge in [0.2, 0.25) is 5.89 Å². The molecule has 0 radical (unpaired) electrons. The molecule has 0 aromatic carbocycles. The highest BCUT2D eigenvalue weighted by Crippen LogP contribution is 2.07. The van der Waals surface area contributed by atoms with Crippen molar-refractivity contribution in [2.45, 2.75) is 46.1 Å². The van der Waals surface area contributed by atoms with Crippen LogP contribution >= 0.6 is 0 Å². The molecule has 0 amide bonds. The van der Waals surface area contributed by atoms with E-state index in [2.05, 4.69) is 24.0 Å². The van der Waals surface area contributed by atoms with Gasteiger partial charge in [-0.3, -0.25) is 0 Å². The van der Waals surface area contributed by atoms with Gasteiger partial charge in [-0.25, -0.2) is 0 Å². The van der Waals surface area contributed by atoms with Gasteiger partial charge in [-0.15, -0.1) is 0 Å².